The first kappa shape index (κ1) is 16.5. The maximum Gasteiger partial charge on any atom is 0.248 e. The molecule has 5 nitrogen and oxygen atoms in total. The van der Waals surface area contributed by atoms with E-state index < -0.39 is 0 Å². The topological polar surface area (TPSA) is 71.2 Å². The number of amides is 1. The van der Waals surface area contributed by atoms with Gasteiger partial charge >= 0.3 is 0 Å². The number of nitrogens with zero attached hydrogens (tertiary/aromatic N) is 2. The quantitative estimate of drug-likeness (QED) is 0.856. The van der Waals surface area contributed by atoms with Crippen LogP contribution in [0.25, 0.3) is 0 Å². The lowest BCUT2D eigenvalue weighted by atomic mass is 10.1. The number of rotatable bonds is 6. The van der Waals surface area contributed by atoms with E-state index in [0.717, 1.165) is 37.7 Å². The predicted octanol–water partition coefficient (Wildman–Crippen LogP) is 2.42. The lowest BCUT2D eigenvalue weighted by Crippen LogP contribution is -2.23. The van der Waals surface area contributed by atoms with Crippen molar-refractivity contribution in [3.05, 3.63) is 59.3 Å². The number of pyridine rings is 1. The van der Waals surface area contributed by atoms with Crippen molar-refractivity contribution in [2.45, 2.75) is 19.9 Å². The van der Waals surface area contributed by atoms with E-state index in [4.69, 9.17) is 5.73 Å². The molecule has 0 bridgehead atoms. The van der Waals surface area contributed by atoms with Gasteiger partial charge in [0.2, 0.25) is 5.91 Å². The van der Waals surface area contributed by atoms with E-state index in [1.807, 2.05) is 37.3 Å². The molecule has 1 saturated heterocycles. The Bertz CT molecular complexity index is 699. The number of hydrogen-bond donors (Lipinski definition) is 2. The van der Waals surface area contributed by atoms with Crippen LogP contribution in [0.4, 0.5) is 5.82 Å². The molecule has 2 aromatic rings. The van der Waals surface area contributed by atoms with Gasteiger partial charge in [-0.2, -0.15) is 0 Å². The summed E-state index contributed by atoms with van der Waals surface area (Å²) in [5.41, 5.74) is 8.09. The van der Waals surface area contributed by atoms with Crippen LogP contribution in [0.3, 0.4) is 0 Å². The highest BCUT2D eigenvalue weighted by atomic mass is 16.1. The van der Waals surface area contributed by atoms with Gasteiger partial charge < -0.3 is 11.1 Å². The molecule has 0 aliphatic carbocycles. The van der Waals surface area contributed by atoms with E-state index in [1.54, 1.807) is 12.1 Å². The highest BCUT2D eigenvalue weighted by molar-refractivity contribution is 5.92. The molecule has 1 fully saturated rings. The molecular weight excluding hydrogens is 300 g/mol. The summed E-state index contributed by atoms with van der Waals surface area (Å²) in [5.74, 6) is 1.21. The largest absolute Gasteiger partial charge is 0.370 e. The van der Waals surface area contributed by atoms with E-state index in [2.05, 4.69) is 15.2 Å². The smallest absolute Gasteiger partial charge is 0.248 e. The Morgan fingerprint density at radius 3 is 2.79 bits per heavy atom. The van der Waals surface area contributed by atoms with Gasteiger partial charge in [-0.25, -0.2) is 4.98 Å². The minimum absolute atomic E-state index is 0.376. The summed E-state index contributed by atoms with van der Waals surface area (Å²) >= 11 is 0. The molecule has 1 aromatic heterocycles. The molecule has 1 aliphatic rings. The second kappa shape index (κ2) is 7.45. The van der Waals surface area contributed by atoms with Gasteiger partial charge in [-0.15, -0.1) is 0 Å². The number of aromatic nitrogens is 1. The van der Waals surface area contributed by atoms with Gasteiger partial charge in [0.25, 0.3) is 0 Å². The van der Waals surface area contributed by atoms with Crippen LogP contribution >= 0.6 is 0 Å². The van der Waals surface area contributed by atoms with Crippen LogP contribution in [0.2, 0.25) is 0 Å². The third-order valence-corrected chi connectivity index (χ3v) is 4.47. The summed E-state index contributed by atoms with van der Waals surface area (Å²) < 4.78 is 0. The van der Waals surface area contributed by atoms with Crippen LogP contribution in [0.5, 0.6) is 0 Å². The van der Waals surface area contributed by atoms with Crippen molar-refractivity contribution in [3.8, 4) is 0 Å². The summed E-state index contributed by atoms with van der Waals surface area (Å²) in [7, 11) is 0. The standard InChI is InChI=1S/C19H24N4O/c1-14-3-2-4-18(22-14)21-11-16-9-10-23(13-16)12-15-5-7-17(8-6-15)19(20)24/h2-8,16H,9-13H2,1H3,(H2,20,24)(H,21,22)/t16-/m1/s1. The molecule has 3 N–H and O–H groups in total. The van der Waals surface area contributed by atoms with Gasteiger partial charge in [-0.3, -0.25) is 9.69 Å². The number of carbonyl (C=O) groups excluding carboxylic acids is 1. The molecule has 3 rings (SSSR count). The zero-order chi connectivity index (χ0) is 16.9. The Kier molecular flexibility index (Phi) is 5.11. The summed E-state index contributed by atoms with van der Waals surface area (Å²) in [6.45, 7) is 6.05. The highest BCUT2D eigenvalue weighted by Crippen LogP contribution is 2.19. The number of primary amides is 1. The summed E-state index contributed by atoms with van der Waals surface area (Å²) in [6.07, 6.45) is 1.19. The van der Waals surface area contributed by atoms with Crippen LogP contribution in [-0.4, -0.2) is 35.4 Å². The Morgan fingerprint density at radius 2 is 2.08 bits per heavy atom. The number of aryl methyl sites for hydroxylation is 1. The van der Waals surface area contributed by atoms with Crippen LogP contribution in [-0.2, 0) is 6.54 Å². The average molecular weight is 324 g/mol. The third-order valence-electron chi connectivity index (χ3n) is 4.47. The molecule has 1 aromatic carbocycles. The molecule has 0 spiro atoms. The SMILES string of the molecule is Cc1cccc(NC[C@H]2CCN(Cc3ccc(C(N)=O)cc3)C2)n1. The van der Waals surface area contributed by atoms with E-state index in [1.165, 1.54) is 12.0 Å². The number of benzene rings is 1. The van der Waals surface area contributed by atoms with Gasteiger partial charge in [0.1, 0.15) is 5.82 Å². The molecule has 24 heavy (non-hydrogen) atoms. The van der Waals surface area contributed by atoms with Crippen LogP contribution < -0.4 is 11.1 Å². The first-order valence-corrected chi connectivity index (χ1v) is 8.39. The van der Waals surface area contributed by atoms with Gasteiger partial charge in [0, 0.05) is 30.9 Å². The van der Waals surface area contributed by atoms with Crippen molar-refractivity contribution < 1.29 is 4.79 Å². The van der Waals surface area contributed by atoms with E-state index >= 15 is 0 Å². The predicted molar refractivity (Wildman–Crippen MR) is 95.8 cm³/mol. The fraction of sp³-hybridized carbons (Fsp3) is 0.368. The summed E-state index contributed by atoms with van der Waals surface area (Å²) in [4.78, 5) is 18.0. The molecule has 1 aliphatic heterocycles. The Balaban J connectivity index is 1.47. The number of nitrogens with two attached hydrogens (primary N) is 1. The Hall–Kier alpha value is -2.40. The molecule has 1 atom stereocenters. The van der Waals surface area contributed by atoms with Crippen molar-refractivity contribution in [1.82, 2.24) is 9.88 Å². The van der Waals surface area contributed by atoms with Crippen LogP contribution in [0.1, 0.15) is 28.0 Å². The highest BCUT2D eigenvalue weighted by Gasteiger charge is 2.22. The fourth-order valence-electron chi connectivity index (χ4n) is 3.15. The van der Waals surface area contributed by atoms with Gasteiger partial charge in [-0.1, -0.05) is 18.2 Å². The minimum atomic E-state index is -0.376. The number of likely N-dealkylation sites (tertiary alicyclic amines) is 1. The van der Waals surface area contributed by atoms with Crippen molar-refractivity contribution >= 4 is 11.7 Å². The van der Waals surface area contributed by atoms with Gasteiger partial charge in [0.15, 0.2) is 0 Å². The normalized spacial score (nSPS) is 17.8. The average Bonchev–Trinajstić information content (AvgIpc) is 3.01. The van der Waals surface area contributed by atoms with Crippen molar-refractivity contribution in [2.75, 3.05) is 25.0 Å². The molecular formula is C19H24N4O. The second-order valence-electron chi connectivity index (χ2n) is 6.50. The number of hydrogen-bond acceptors (Lipinski definition) is 4. The van der Waals surface area contributed by atoms with E-state index in [9.17, 15) is 4.79 Å². The number of carbonyl (C=O) groups is 1. The number of anilines is 1. The Morgan fingerprint density at radius 1 is 1.29 bits per heavy atom. The zero-order valence-corrected chi connectivity index (χ0v) is 14.0. The molecule has 0 saturated carbocycles. The monoisotopic (exact) mass is 324 g/mol. The van der Waals surface area contributed by atoms with Crippen molar-refractivity contribution in [3.63, 3.8) is 0 Å². The summed E-state index contributed by atoms with van der Waals surface area (Å²) in [5, 5.41) is 3.44. The van der Waals surface area contributed by atoms with Crippen LogP contribution in [0, 0.1) is 12.8 Å². The first-order chi connectivity index (χ1) is 11.6. The molecule has 2 heterocycles. The molecule has 5 heteroatoms. The minimum Gasteiger partial charge on any atom is -0.370 e. The van der Waals surface area contributed by atoms with E-state index in [0.29, 0.717) is 11.5 Å². The molecule has 0 unspecified atom stereocenters. The molecule has 126 valence electrons. The third kappa shape index (κ3) is 4.32. The number of nitrogens with one attached hydrogen (secondary N) is 1. The van der Waals surface area contributed by atoms with E-state index in [-0.39, 0.29) is 5.91 Å². The second-order valence-corrected chi connectivity index (χ2v) is 6.50. The molecule has 1 amide bonds. The zero-order valence-electron chi connectivity index (χ0n) is 14.0. The lowest BCUT2D eigenvalue weighted by Gasteiger charge is -2.17. The Labute approximate surface area is 142 Å². The maximum absolute atomic E-state index is 11.1. The van der Waals surface area contributed by atoms with Crippen molar-refractivity contribution in [2.24, 2.45) is 11.7 Å². The summed E-state index contributed by atoms with van der Waals surface area (Å²) in [6, 6.07) is 13.6. The fourth-order valence-corrected chi connectivity index (χ4v) is 3.15. The van der Waals surface area contributed by atoms with Crippen molar-refractivity contribution in [1.29, 1.82) is 0 Å². The molecule has 0 radical (unpaired) electrons. The van der Waals surface area contributed by atoms with Gasteiger partial charge in [-0.05, 0) is 55.6 Å². The lowest BCUT2D eigenvalue weighted by molar-refractivity contribution is 0.100. The van der Waals surface area contributed by atoms with Crippen LogP contribution in [0.15, 0.2) is 42.5 Å². The van der Waals surface area contributed by atoms with Gasteiger partial charge in [0.05, 0.1) is 0 Å². The first-order valence-electron chi connectivity index (χ1n) is 8.39. The maximum atomic E-state index is 11.1.